The first kappa shape index (κ1) is 23.9. The van der Waals surface area contributed by atoms with Crippen molar-refractivity contribution >= 4 is 5.91 Å². The molecule has 0 aliphatic carbocycles. The van der Waals surface area contributed by atoms with Gasteiger partial charge in [-0.1, -0.05) is 18.2 Å². The molecular weight excluding hydrogens is 437 g/mol. The highest BCUT2D eigenvalue weighted by Gasteiger charge is 2.28. The van der Waals surface area contributed by atoms with Crippen LogP contribution in [0.3, 0.4) is 0 Å². The number of alkyl halides is 3. The van der Waals surface area contributed by atoms with E-state index in [-0.39, 0.29) is 18.2 Å². The van der Waals surface area contributed by atoms with E-state index in [0.717, 1.165) is 5.56 Å². The minimum Gasteiger partial charge on any atom is -0.490 e. The van der Waals surface area contributed by atoms with E-state index >= 15 is 0 Å². The normalized spacial score (nSPS) is 11.0. The Hall–Kier alpha value is -3.75. The fraction of sp³-hybridized carbons (Fsp3) is 0.250. The number of nitrogens with one attached hydrogen (secondary N) is 1. The monoisotopic (exact) mass is 460 g/mol. The van der Waals surface area contributed by atoms with Gasteiger partial charge in [0.05, 0.1) is 6.61 Å². The molecule has 9 heteroatoms. The molecule has 0 bridgehead atoms. The Morgan fingerprint density at radius 1 is 0.970 bits per heavy atom. The van der Waals surface area contributed by atoms with Crippen LogP contribution >= 0.6 is 0 Å². The van der Waals surface area contributed by atoms with E-state index < -0.39 is 12.8 Å². The fourth-order valence-corrected chi connectivity index (χ4v) is 2.83. The van der Waals surface area contributed by atoms with Crippen molar-refractivity contribution in [1.82, 2.24) is 10.3 Å². The number of aromatic nitrogens is 1. The van der Waals surface area contributed by atoms with Crippen molar-refractivity contribution in [3.05, 3.63) is 83.7 Å². The van der Waals surface area contributed by atoms with Gasteiger partial charge in [-0.25, -0.2) is 0 Å². The van der Waals surface area contributed by atoms with Gasteiger partial charge in [0.2, 0.25) is 0 Å². The molecule has 0 aliphatic rings. The standard InChI is InChI=1S/C24H23F3N2O4/c1-2-31-22-12-19(7-10-21(22)32-15-18-4-3-11-28-13-18)23(30)29-14-17-5-8-20(9-6-17)33-16-24(25,26)27/h3-13H,2,14-16H2,1H3,(H,29,30). The second-order valence-corrected chi connectivity index (χ2v) is 6.97. The molecular formula is C24H23F3N2O4. The Morgan fingerprint density at radius 3 is 2.42 bits per heavy atom. The minimum atomic E-state index is -4.40. The van der Waals surface area contributed by atoms with Gasteiger partial charge in [0.15, 0.2) is 18.1 Å². The number of rotatable bonds is 10. The second kappa shape index (κ2) is 11.2. The van der Waals surface area contributed by atoms with Crippen LogP contribution in [-0.2, 0) is 13.2 Å². The molecule has 6 nitrogen and oxygen atoms in total. The van der Waals surface area contributed by atoms with Crippen molar-refractivity contribution in [2.75, 3.05) is 13.2 Å². The van der Waals surface area contributed by atoms with Gasteiger partial charge in [-0.3, -0.25) is 9.78 Å². The molecule has 1 heterocycles. The number of ether oxygens (including phenoxy) is 3. The first-order chi connectivity index (χ1) is 15.8. The molecule has 1 aromatic heterocycles. The largest absolute Gasteiger partial charge is 0.490 e. The van der Waals surface area contributed by atoms with Crippen LogP contribution in [0.25, 0.3) is 0 Å². The molecule has 1 N–H and O–H groups in total. The Kier molecular flexibility index (Phi) is 8.12. The molecule has 0 unspecified atom stereocenters. The summed E-state index contributed by atoms with van der Waals surface area (Å²) in [5.41, 5.74) is 2.00. The predicted octanol–water partition coefficient (Wildman–Crippen LogP) is 4.93. The Morgan fingerprint density at radius 2 is 1.76 bits per heavy atom. The van der Waals surface area contributed by atoms with Crippen molar-refractivity contribution in [3.63, 3.8) is 0 Å². The average Bonchev–Trinajstić information content (AvgIpc) is 2.81. The molecule has 0 spiro atoms. The summed E-state index contributed by atoms with van der Waals surface area (Å²) in [5, 5.41) is 2.77. The van der Waals surface area contributed by atoms with Crippen LogP contribution < -0.4 is 19.5 Å². The van der Waals surface area contributed by atoms with Crippen LogP contribution in [0.1, 0.15) is 28.4 Å². The predicted molar refractivity (Wildman–Crippen MR) is 115 cm³/mol. The van der Waals surface area contributed by atoms with Gasteiger partial charge in [0.1, 0.15) is 12.4 Å². The summed E-state index contributed by atoms with van der Waals surface area (Å²) in [7, 11) is 0. The van der Waals surface area contributed by atoms with E-state index in [1.807, 2.05) is 19.1 Å². The number of halogens is 3. The zero-order valence-corrected chi connectivity index (χ0v) is 17.9. The molecule has 33 heavy (non-hydrogen) atoms. The molecule has 0 radical (unpaired) electrons. The lowest BCUT2D eigenvalue weighted by Crippen LogP contribution is -2.23. The highest BCUT2D eigenvalue weighted by Crippen LogP contribution is 2.29. The van der Waals surface area contributed by atoms with Gasteiger partial charge >= 0.3 is 6.18 Å². The zero-order valence-electron chi connectivity index (χ0n) is 17.9. The zero-order chi connectivity index (χ0) is 23.7. The molecule has 0 fully saturated rings. The average molecular weight is 460 g/mol. The third-order valence-electron chi connectivity index (χ3n) is 4.40. The maximum Gasteiger partial charge on any atom is 0.422 e. The molecule has 0 aliphatic heterocycles. The van der Waals surface area contributed by atoms with Gasteiger partial charge in [-0.05, 0) is 48.9 Å². The topological polar surface area (TPSA) is 69.7 Å². The van der Waals surface area contributed by atoms with Crippen LogP contribution in [-0.4, -0.2) is 30.3 Å². The van der Waals surface area contributed by atoms with Crippen LogP contribution in [0.5, 0.6) is 17.2 Å². The van der Waals surface area contributed by atoms with Crippen molar-refractivity contribution in [1.29, 1.82) is 0 Å². The summed E-state index contributed by atoms with van der Waals surface area (Å²) >= 11 is 0. The molecule has 3 aromatic rings. The third kappa shape index (κ3) is 7.71. The van der Waals surface area contributed by atoms with Crippen LogP contribution in [0.4, 0.5) is 13.2 Å². The molecule has 1 amide bonds. The molecule has 2 aromatic carbocycles. The number of carbonyl (C=O) groups excluding carboxylic acids is 1. The van der Waals surface area contributed by atoms with E-state index in [0.29, 0.717) is 35.8 Å². The summed E-state index contributed by atoms with van der Waals surface area (Å²) in [4.78, 5) is 16.6. The Bertz CT molecular complexity index is 1040. The van der Waals surface area contributed by atoms with Crippen molar-refractivity contribution in [2.45, 2.75) is 26.3 Å². The summed E-state index contributed by atoms with van der Waals surface area (Å²) in [5.74, 6) is 0.727. The van der Waals surface area contributed by atoms with Gasteiger partial charge < -0.3 is 19.5 Å². The number of benzene rings is 2. The van der Waals surface area contributed by atoms with Crippen LogP contribution in [0.2, 0.25) is 0 Å². The second-order valence-electron chi connectivity index (χ2n) is 6.97. The summed E-state index contributed by atoms with van der Waals surface area (Å²) in [6.45, 7) is 1.38. The van der Waals surface area contributed by atoms with E-state index in [1.54, 1.807) is 42.7 Å². The first-order valence-electron chi connectivity index (χ1n) is 10.2. The van der Waals surface area contributed by atoms with Crippen LogP contribution in [0, 0.1) is 0 Å². The molecule has 174 valence electrons. The lowest BCUT2D eigenvalue weighted by molar-refractivity contribution is -0.153. The van der Waals surface area contributed by atoms with Gasteiger partial charge in [-0.2, -0.15) is 13.2 Å². The summed E-state index contributed by atoms with van der Waals surface area (Å²) in [6, 6.07) is 14.6. The molecule has 0 atom stereocenters. The highest BCUT2D eigenvalue weighted by atomic mass is 19.4. The summed E-state index contributed by atoms with van der Waals surface area (Å²) in [6.07, 6.45) is -1.01. The molecule has 0 saturated carbocycles. The SMILES string of the molecule is CCOc1cc(C(=O)NCc2ccc(OCC(F)(F)F)cc2)ccc1OCc1cccnc1. The van der Waals surface area contributed by atoms with Crippen molar-refractivity contribution in [2.24, 2.45) is 0 Å². The van der Waals surface area contributed by atoms with Crippen LogP contribution in [0.15, 0.2) is 67.0 Å². The maximum absolute atomic E-state index is 12.6. The van der Waals surface area contributed by atoms with Gasteiger partial charge in [0, 0.05) is 30.1 Å². The van der Waals surface area contributed by atoms with Gasteiger partial charge in [-0.15, -0.1) is 0 Å². The first-order valence-corrected chi connectivity index (χ1v) is 10.2. The van der Waals surface area contributed by atoms with E-state index in [9.17, 15) is 18.0 Å². The van der Waals surface area contributed by atoms with E-state index in [2.05, 4.69) is 15.0 Å². The minimum absolute atomic E-state index is 0.102. The highest BCUT2D eigenvalue weighted by molar-refractivity contribution is 5.94. The third-order valence-corrected chi connectivity index (χ3v) is 4.40. The molecule has 3 rings (SSSR count). The van der Waals surface area contributed by atoms with E-state index in [4.69, 9.17) is 9.47 Å². The lowest BCUT2D eigenvalue weighted by Gasteiger charge is -2.14. The fourth-order valence-electron chi connectivity index (χ4n) is 2.83. The maximum atomic E-state index is 12.6. The number of carbonyl (C=O) groups is 1. The Labute approximate surface area is 189 Å². The smallest absolute Gasteiger partial charge is 0.422 e. The van der Waals surface area contributed by atoms with E-state index in [1.165, 1.54) is 12.1 Å². The number of hydrogen-bond donors (Lipinski definition) is 1. The molecule has 0 saturated heterocycles. The van der Waals surface area contributed by atoms with Crippen molar-refractivity contribution in [3.8, 4) is 17.2 Å². The Balaban J connectivity index is 1.58. The van der Waals surface area contributed by atoms with Crippen molar-refractivity contribution < 1.29 is 32.2 Å². The number of hydrogen-bond acceptors (Lipinski definition) is 5. The van der Waals surface area contributed by atoms with Gasteiger partial charge in [0.25, 0.3) is 5.91 Å². The number of nitrogens with zero attached hydrogens (tertiary/aromatic N) is 1. The number of amides is 1. The quantitative estimate of drug-likeness (QED) is 0.465. The summed E-state index contributed by atoms with van der Waals surface area (Å²) < 4.78 is 52.8. The number of pyridine rings is 1. The lowest BCUT2D eigenvalue weighted by atomic mass is 10.1.